The van der Waals surface area contributed by atoms with Gasteiger partial charge in [-0.15, -0.1) is 0 Å². The number of pyridine rings is 1. The second-order valence-corrected chi connectivity index (χ2v) is 5.23. The van der Waals surface area contributed by atoms with Crippen LogP contribution in [0.2, 0.25) is 0 Å². The molecule has 4 nitrogen and oxygen atoms in total. The third kappa shape index (κ3) is 2.84. The SMILES string of the molecule is CC(C)CN(C)c1cc(C(=N)N)c2ccccc2n1. The molecular formula is C15H20N4. The standard InChI is InChI=1S/C15H20N4/c1-10(2)9-19(3)14-8-12(15(16)17)11-6-4-5-7-13(11)18-14/h4-8,10H,9H2,1-3H3,(H3,16,17). The van der Waals surface area contributed by atoms with Crippen molar-refractivity contribution in [3.63, 3.8) is 0 Å². The summed E-state index contributed by atoms with van der Waals surface area (Å²) in [6, 6.07) is 9.69. The van der Waals surface area contributed by atoms with E-state index in [0.29, 0.717) is 5.92 Å². The Morgan fingerprint density at radius 3 is 2.68 bits per heavy atom. The summed E-state index contributed by atoms with van der Waals surface area (Å²) in [5, 5.41) is 8.66. The van der Waals surface area contributed by atoms with Crippen LogP contribution in [0.3, 0.4) is 0 Å². The molecule has 2 aromatic rings. The fourth-order valence-corrected chi connectivity index (χ4v) is 2.22. The van der Waals surface area contributed by atoms with Gasteiger partial charge in [0.05, 0.1) is 5.52 Å². The summed E-state index contributed by atoms with van der Waals surface area (Å²) in [4.78, 5) is 6.75. The monoisotopic (exact) mass is 256 g/mol. The van der Waals surface area contributed by atoms with Crippen molar-refractivity contribution in [3.8, 4) is 0 Å². The average Bonchev–Trinajstić information content (AvgIpc) is 2.36. The van der Waals surface area contributed by atoms with Gasteiger partial charge in [0.25, 0.3) is 0 Å². The molecule has 0 aliphatic carbocycles. The summed E-state index contributed by atoms with van der Waals surface area (Å²) in [6.45, 7) is 5.26. The zero-order valence-electron chi connectivity index (χ0n) is 11.6. The highest BCUT2D eigenvalue weighted by molar-refractivity contribution is 6.07. The molecule has 0 bridgehead atoms. The molecule has 1 heterocycles. The summed E-state index contributed by atoms with van der Waals surface area (Å²) < 4.78 is 0. The van der Waals surface area contributed by atoms with Gasteiger partial charge in [-0.3, -0.25) is 5.41 Å². The van der Waals surface area contributed by atoms with Gasteiger partial charge in [-0.05, 0) is 18.1 Å². The van der Waals surface area contributed by atoms with E-state index in [1.54, 1.807) is 0 Å². The number of nitrogens with one attached hydrogen (secondary N) is 1. The molecule has 19 heavy (non-hydrogen) atoms. The Balaban J connectivity index is 2.55. The molecule has 0 aliphatic rings. The topological polar surface area (TPSA) is 66.0 Å². The number of amidine groups is 1. The lowest BCUT2D eigenvalue weighted by Crippen LogP contribution is -2.24. The Bertz CT molecular complexity index is 604. The van der Waals surface area contributed by atoms with Gasteiger partial charge in [-0.1, -0.05) is 32.0 Å². The smallest absolute Gasteiger partial charge is 0.129 e. The van der Waals surface area contributed by atoms with Gasteiger partial charge < -0.3 is 10.6 Å². The van der Waals surface area contributed by atoms with Crippen LogP contribution in [0.4, 0.5) is 5.82 Å². The van der Waals surface area contributed by atoms with Gasteiger partial charge in [0, 0.05) is 24.5 Å². The molecule has 100 valence electrons. The zero-order valence-corrected chi connectivity index (χ0v) is 11.6. The van der Waals surface area contributed by atoms with Gasteiger partial charge in [0.15, 0.2) is 0 Å². The van der Waals surface area contributed by atoms with Crippen molar-refractivity contribution in [3.05, 3.63) is 35.9 Å². The van der Waals surface area contributed by atoms with Crippen LogP contribution in [0.25, 0.3) is 10.9 Å². The van der Waals surface area contributed by atoms with Crippen molar-refractivity contribution in [2.75, 3.05) is 18.5 Å². The van der Waals surface area contributed by atoms with E-state index in [-0.39, 0.29) is 5.84 Å². The van der Waals surface area contributed by atoms with Crippen LogP contribution in [0.15, 0.2) is 30.3 Å². The molecule has 4 heteroatoms. The summed E-state index contributed by atoms with van der Waals surface area (Å²) in [6.07, 6.45) is 0. The first-order valence-electron chi connectivity index (χ1n) is 6.44. The number of hydrogen-bond acceptors (Lipinski definition) is 3. The Hall–Kier alpha value is -2.10. The lowest BCUT2D eigenvalue weighted by molar-refractivity contribution is 0.635. The minimum Gasteiger partial charge on any atom is -0.384 e. The van der Waals surface area contributed by atoms with Crippen molar-refractivity contribution in [2.45, 2.75) is 13.8 Å². The maximum Gasteiger partial charge on any atom is 0.129 e. The molecule has 0 unspecified atom stereocenters. The number of para-hydroxylation sites is 1. The number of rotatable bonds is 4. The average molecular weight is 256 g/mol. The second-order valence-electron chi connectivity index (χ2n) is 5.23. The highest BCUT2D eigenvalue weighted by atomic mass is 15.2. The Morgan fingerprint density at radius 1 is 1.37 bits per heavy atom. The highest BCUT2D eigenvalue weighted by Crippen LogP contribution is 2.22. The fourth-order valence-electron chi connectivity index (χ4n) is 2.22. The number of hydrogen-bond donors (Lipinski definition) is 2. The van der Waals surface area contributed by atoms with Crippen molar-refractivity contribution in [1.29, 1.82) is 5.41 Å². The van der Waals surface area contributed by atoms with E-state index in [1.807, 2.05) is 37.4 Å². The van der Waals surface area contributed by atoms with E-state index in [2.05, 4.69) is 23.7 Å². The molecule has 0 radical (unpaired) electrons. The normalized spacial score (nSPS) is 10.9. The van der Waals surface area contributed by atoms with E-state index in [9.17, 15) is 0 Å². The van der Waals surface area contributed by atoms with Gasteiger partial charge in [0.2, 0.25) is 0 Å². The number of benzene rings is 1. The summed E-state index contributed by atoms with van der Waals surface area (Å²) >= 11 is 0. The van der Waals surface area contributed by atoms with Crippen molar-refractivity contribution in [1.82, 2.24) is 4.98 Å². The first-order valence-corrected chi connectivity index (χ1v) is 6.44. The minimum atomic E-state index is 0.0813. The molecule has 0 spiro atoms. The van der Waals surface area contributed by atoms with Crippen LogP contribution in [0.1, 0.15) is 19.4 Å². The quantitative estimate of drug-likeness (QED) is 0.652. The first kappa shape index (κ1) is 13.3. The number of nitrogen functional groups attached to an aromatic ring is 1. The van der Waals surface area contributed by atoms with Crippen LogP contribution in [-0.4, -0.2) is 24.4 Å². The molecular weight excluding hydrogens is 236 g/mol. The molecule has 0 amide bonds. The zero-order chi connectivity index (χ0) is 14.0. The van der Waals surface area contributed by atoms with Gasteiger partial charge >= 0.3 is 0 Å². The Morgan fingerprint density at radius 2 is 2.05 bits per heavy atom. The van der Waals surface area contributed by atoms with Crippen LogP contribution in [-0.2, 0) is 0 Å². The van der Waals surface area contributed by atoms with Crippen LogP contribution in [0.5, 0.6) is 0 Å². The number of nitrogens with zero attached hydrogens (tertiary/aromatic N) is 2. The predicted octanol–water partition coefficient (Wildman–Crippen LogP) is 2.61. The molecule has 1 aromatic carbocycles. The van der Waals surface area contributed by atoms with Crippen LogP contribution >= 0.6 is 0 Å². The molecule has 3 N–H and O–H groups in total. The lowest BCUT2D eigenvalue weighted by atomic mass is 10.1. The maximum absolute atomic E-state index is 7.73. The van der Waals surface area contributed by atoms with Gasteiger partial charge in [-0.2, -0.15) is 0 Å². The highest BCUT2D eigenvalue weighted by Gasteiger charge is 2.11. The number of anilines is 1. The van der Waals surface area contributed by atoms with Crippen LogP contribution < -0.4 is 10.6 Å². The van der Waals surface area contributed by atoms with E-state index in [0.717, 1.165) is 28.8 Å². The minimum absolute atomic E-state index is 0.0813. The Labute approximate surface area is 113 Å². The third-order valence-corrected chi connectivity index (χ3v) is 3.02. The number of nitrogens with two attached hydrogens (primary N) is 1. The summed E-state index contributed by atoms with van der Waals surface area (Å²) in [5.41, 5.74) is 7.31. The van der Waals surface area contributed by atoms with Crippen molar-refractivity contribution >= 4 is 22.6 Å². The Kier molecular flexibility index (Phi) is 3.69. The number of fused-ring (bicyclic) bond motifs is 1. The van der Waals surface area contributed by atoms with E-state index < -0.39 is 0 Å². The van der Waals surface area contributed by atoms with Crippen LogP contribution in [0, 0.1) is 11.3 Å². The summed E-state index contributed by atoms with van der Waals surface area (Å²) in [7, 11) is 2.01. The second kappa shape index (κ2) is 5.26. The maximum atomic E-state index is 7.73. The molecule has 0 saturated carbocycles. The van der Waals surface area contributed by atoms with E-state index >= 15 is 0 Å². The van der Waals surface area contributed by atoms with E-state index in [1.165, 1.54) is 0 Å². The lowest BCUT2D eigenvalue weighted by Gasteiger charge is -2.21. The molecule has 1 aromatic heterocycles. The molecule has 0 fully saturated rings. The van der Waals surface area contributed by atoms with Crippen molar-refractivity contribution < 1.29 is 0 Å². The molecule has 2 rings (SSSR count). The first-order chi connectivity index (χ1) is 8.99. The third-order valence-electron chi connectivity index (χ3n) is 3.02. The molecule has 0 saturated heterocycles. The fraction of sp³-hybridized carbons (Fsp3) is 0.333. The molecule has 0 atom stereocenters. The largest absolute Gasteiger partial charge is 0.384 e. The van der Waals surface area contributed by atoms with Gasteiger partial charge in [0.1, 0.15) is 11.7 Å². The van der Waals surface area contributed by atoms with Gasteiger partial charge in [-0.25, -0.2) is 4.98 Å². The summed E-state index contributed by atoms with van der Waals surface area (Å²) in [5.74, 6) is 1.49. The number of aromatic nitrogens is 1. The molecule has 0 aliphatic heterocycles. The predicted molar refractivity (Wildman–Crippen MR) is 80.9 cm³/mol. The van der Waals surface area contributed by atoms with E-state index in [4.69, 9.17) is 11.1 Å². The van der Waals surface area contributed by atoms with Crippen molar-refractivity contribution in [2.24, 2.45) is 11.7 Å².